The van der Waals surface area contributed by atoms with Gasteiger partial charge in [0.1, 0.15) is 0 Å². The first-order valence-electron chi connectivity index (χ1n) is 3.29. The molecule has 0 amide bonds. The van der Waals surface area contributed by atoms with Crippen LogP contribution in [0.5, 0.6) is 0 Å². The number of ether oxygens (including phenoxy) is 1. The van der Waals surface area contributed by atoms with Crippen molar-refractivity contribution in [1.29, 1.82) is 5.26 Å². The highest BCUT2D eigenvalue weighted by atomic mass is 16.5. The minimum Gasteiger partial charge on any atom is -0.483 e. The molecule has 5 heteroatoms. The average Bonchev–Trinajstić information content (AvgIpc) is 2.44. The SMILES string of the molecule is C1CCOC1.CC#N.N.O=CO. The van der Waals surface area contributed by atoms with Crippen LogP contribution in [0.3, 0.4) is 0 Å². The highest BCUT2D eigenvalue weighted by Gasteiger charge is 1.94. The summed E-state index contributed by atoms with van der Waals surface area (Å²) in [7, 11) is 0. The summed E-state index contributed by atoms with van der Waals surface area (Å²) < 4.78 is 4.94. The fourth-order valence-electron chi connectivity index (χ4n) is 0.510. The van der Waals surface area contributed by atoms with Crippen molar-refractivity contribution >= 4 is 6.47 Å². The molecule has 1 rings (SSSR count). The lowest BCUT2D eigenvalue weighted by Crippen LogP contribution is -1.74. The monoisotopic (exact) mass is 176 g/mol. The Hall–Kier alpha value is -1.12. The summed E-state index contributed by atoms with van der Waals surface area (Å²) in [5.74, 6) is 0. The average molecular weight is 176 g/mol. The van der Waals surface area contributed by atoms with Crippen LogP contribution in [-0.4, -0.2) is 24.8 Å². The Balaban J connectivity index is -0.000000104. The molecule has 0 unspecified atom stereocenters. The van der Waals surface area contributed by atoms with Gasteiger partial charge in [0.05, 0.1) is 6.07 Å². The second-order valence-electron chi connectivity index (χ2n) is 1.65. The van der Waals surface area contributed by atoms with Crippen molar-refractivity contribution in [2.24, 2.45) is 0 Å². The van der Waals surface area contributed by atoms with Crippen LogP contribution in [0.1, 0.15) is 19.8 Å². The first-order valence-corrected chi connectivity index (χ1v) is 3.29. The molecular weight excluding hydrogens is 160 g/mol. The van der Waals surface area contributed by atoms with Crippen LogP contribution in [0.25, 0.3) is 0 Å². The van der Waals surface area contributed by atoms with Crippen molar-refractivity contribution in [2.75, 3.05) is 13.2 Å². The number of rotatable bonds is 0. The molecule has 1 saturated heterocycles. The zero-order chi connectivity index (χ0) is 8.95. The van der Waals surface area contributed by atoms with E-state index < -0.39 is 0 Å². The van der Waals surface area contributed by atoms with E-state index in [1.54, 1.807) is 6.07 Å². The Morgan fingerprint density at radius 1 is 1.50 bits per heavy atom. The van der Waals surface area contributed by atoms with Gasteiger partial charge < -0.3 is 16.0 Å². The molecule has 12 heavy (non-hydrogen) atoms. The van der Waals surface area contributed by atoms with E-state index in [4.69, 9.17) is 19.9 Å². The van der Waals surface area contributed by atoms with Crippen LogP contribution in [0.15, 0.2) is 0 Å². The van der Waals surface area contributed by atoms with Crippen LogP contribution >= 0.6 is 0 Å². The van der Waals surface area contributed by atoms with Crippen molar-refractivity contribution in [3.63, 3.8) is 0 Å². The fourth-order valence-corrected chi connectivity index (χ4v) is 0.510. The topological polar surface area (TPSA) is 105 Å². The predicted molar refractivity (Wildman–Crippen MR) is 45.1 cm³/mol. The predicted octanol–water partition coefficient (Wildman–Crippen LogP) is 1.19. The van der Waals surface area contributed by atoms with Gasteiger partial charge in [-0.2, -0.15) is 5.26 Å². The second kappa shape index (κ2) is 22.5. The highest BCUT2D eigenvalue weighted by molar-refractivity contribution is 5.32. The van der Waals surface area contributed by atoms with Crippen LogP contribution in [-0.2, 0) is 9.53 Å². The third kappa shape index (κ3) is 36.6. The molecule has 0 atom stereocenters. The van der Waals surface area contributed by atoms with Gasteiger partial charge in [-0.1, -0.05) is 0 Å². The van der Waals surface area contributed by atoms with Gasteiger partial charge in [0.2, 0.25) is 0 Å². The van der Waals surface area contributed by atoms with E-state index in [-0.39, 0.29) is 12.6 Å². The van der Waals surface area contributed by atoms with Crippen LogP contribution in [0, 0.1) is 11.3 Å². The van der Waals surface area contributed by atoms with E-state index in [9.17, 15) is 0 Å². The molecule has 4 N–H and O–H groups in total. The first-order chi connectivity index (χ1) is 5.33. The Bertz CT molecular complexity index is 100. The van der Waals surface area contributed by atoms with Crippen molar-refractivity contribution in [1.82, 2.24) is 6.15 Å². The maximum absolute atomic E-state index is 8.36. The standard InChI is InChI=1S/C4H8O.C2H3N.CH2O2.H3N/c1-2-4-5-3-1;1-2-3;2-1-3;/h1-4H2;1H3;1H,(H,2,3);1H3. The maximum atomic E-state index is 8.36. The van der Waals surface area contributed by atoms with Gasteiger partial charge in [-0.05, 0) is 12.8 Å². The quantitative estimate of drug-likeness (QED) is 0.539. The zero-order valence-electron chi connectivity index (χ0n) is 7.32. The Morgan fingerprint density at radius 2 is 1.75 bits per heavy atom. The second-order valence-corrected chi connectivity index (χ2v) is 1.65. The molecule has 72 valence electrons. The molecule has 1 aliphatic rings. The van der Waals surface area contributed by atoms with Crippen LogP contribution < -0.4 is 6.15 Å². The molecule has 0 spiro atoms. The van der Waals surface area contributed by atoms with Gasteiger partial charge in [0.15, 0.2) is 0 Å². The smallest absolute Gasteiger partial charge is 0.290 e. The number of carbonyl (C=O) groups is 1. The van der Waals surface area contributed by atoms with E-state index in [1.165, 1.54) is 19.8 Å². The van der Waals surface area contributed by atoms with E-state index in [0.717, 1.165) is 13.2 Å². The lowest BCUT2D eigenvalue weighted by Gasteiger charge is -1.76. The summed E-state index contributed by atoms with van der Waals surface area (Å²) >= 11 is 0. The summed E-state index contributed by atoms with van der Waals surface area (Å²) in [4.78, 5) is 8.36. The van der Waals surface area contributed by atoms with Crippen LogP contribution in [0.2, 0.25) is 0 Å². The molecule has 0 aliphatic carbocycles. The molecule has 0 aromatic rings. The first kappa shape index (κ1) is 17.1. The van der Waals surface area contributed by atoms with Crippen molar-refractivity contribution in [2.45, 2.75) is 19.8 Å². The number of hydrogen-bond donors (Lipinski definition) is 2. The minimum atomic E-state index is -0.250. The Labute approximate surface area is 72.5 Å². The third-order valence-corrected chi connectivity index (χ3v) is 0.827. The molecule has 0 radical (unpaired) electrons. The molecule has 5 nitrogen and oxygen atoms in total. The van der Waals surface area contributed by atoms with E-state index in [2.05, 4.69) is 0 Å². The Morgan fingerprint density at radius 3 is 1.83 bits per heavy atom. The number of hydrogen-bond acceptors (Lipinski definition) is 4. The number of nitrogens with zero attached hydrogens (tertiary/aromatic N) is 1. The van der Waals surface area contributed by atoms with Gasteiger partial charge in [0, 0.05) is 20.1 Å². The lowest BCUT2D eigenvalue weighted by molar-refractivity contribution is -0.122. The molecule has 0 aromatic heterocycles. The van der Waals surface area contributed by atoms with Crippen LogP contribution in [0.4, 0.5) is 0 Å². The van der Waals surface area contributed by atoms with Gasteiger partial charge in [-0.15, -0.1) is 0 Å². The summed E-state index contributed by atoms with van der Waals surface area (Å²) in [6, 6.07) is 1.75. The number of carboxylic acid groups (broad SMARTS) is 1. The van der Waals surface area contributed by atoms with Gasteiger partial charge in [0.25, 0.3) is 6.47 Å². The van der Waals surface area contributed by atoms with Gasteiger partial charge in [-0.25, -0.2) is 0 Å². The normalized spacial score (nSPS) is 11.7. The minimum absolute atomic E-state index is 0. The van der Waals surface area contributed by atoms with Crippen molar-refractivity contribution in [3.8, 4) is 6.07 Å². The molecule has 1 fully saturated rings. The van der Waals surface area contributed by atoms with Crippen molar-refractivity contribution in [3.05, 3.63) is 0 Å². The molecule has 0 aromatic carbocycles. The summed E-state index contributed by atoms with van der Waals surface area (Å²) in [5.41, 5.74) is 0. The van der Waals surface area contributed by atoms with E-state index in [1.807, 2.05) is 0 Å². The largest absolute Gasteiger partial charge is 0.483 e. The molecule has 1 aliphatic heterocycles. The van der Waals surface area contributed by atoms with Crippen molar-refractivity contribution < 1.29 is 14.6 Å². The summed E-state index contributed by atoms with van der Waals surface area (Å²) in [6.07, 6.45) is 2.56. The molecule has 1 heterocycles. The van der Waals surface area contributed by atoms with Gasteiger partial charge >= 0.3 is 0 Å². The van der Waals surface area contributed by atoms with E-state index in [0.29, 0.717) is 0 Å². The molecule has 0 bridgehead atoms. The van der Waals surface area contributed by atoms with Gasteiger partial charge in [-0.3, -0.25) is 4.79 Å². The molecule has 0 saturated carbocycles. The maximum Gasteiger partial charge on any atom is 0.290 e. The lowest BCUT2D eigenvalue weighted by atomic mass is 10.4. The summed E-state index contributed by atoms with van der Waals surface area (Å²) in [6.45, 7) is 3.18. The number of nitriles is 1. The molecular formula is C7H16N2O3. The summed E-state index contributed by atoms with van der Waals surface area (Å²) in [5, 5.41) is 14.2. The third-order valence-electron chi connectivity index (χ3n) is 0.827. The fraction of sp³-hybridized carbons (Fsp3) is 0.714. The zero-order valence-corrected chi connectivity index (χ0v) is 7.32. The van der Waals surface area contributed by atoms with E-state index >= 15 is 0 Å². The Kier molecular flexibility index (Phi) is 32.1. The highest BCUT2D eigenvalue weighted by Crippen LogP contribution is 1.98.